The summed E-state index contributed by atoms with van der Waals surface area (Å²) < 4.78 is 6.91. The van der Waals surface area contributed by atoms with E-state index in [0.717, 1.165) is 16.6 Å². The fourth-order valence-electron chi connectivity index (χ4n) is 2.46. The molecule has 23 heavy (non-hydrogen) atoms. The fraction of sp³-hybridized carbons (Fsp3) is 0.188. The highest BCUT2D eigenvalue weighted by molar-refractivity contribution is 6.35. The second-order valence-electron chi connectivity index (χ2n) is 4.92. The zero-order valence-corrected chi connectivity index (χ0v) is 13.8. The molecule has 0 N–H and O–H groups in total. The Balaban J connectivity index is 1.98. The number of methoxy groups -OCH3 is 1. The molecule has 0 fully saturated rings. The predicted octanol–water partition coefficient (Wildman–Crippen LogP) is 3.70. The third kappa shape index (κ3) is 2.96. The number of nitriles is 1. The van der Waals surface area contributed by atoms with Crippen LogP contribution in [0.25, 0.3) is 5.52 Å². The first-order chi connectivity index (χ1) is 11.1. The van der Waals surface area contributed by atoms with Crippen molar-refractivity contribution in [3.8, 4) is 11.9 Å². The summed E-state index contributed by atoms with van der Waals surface area (Å²) in [6.07, 6.45) is 4.53. The van der Waals surface area contributed by atoms with E-state index in [0.29, 0.717) is 34.5 Å². The molecule has 0 spiro atoms. The molecule has 0 saturated heterocycles. The van der Waals surface area contributed by atoms with Crippen LogP contribution in [-0.2, 0) is 12.8 Å². The number of fused-ring (bicyclic) bond motifs is 1. The van der Waals surface area contributed by atoms with Gasteiger partial charge in [-0.1, -0.05) is 29.3 Å². The summed E-state index contributed by atoms with van der Waals surface area (Å²) in [5.41, 5.74) is 3.07. The highest BCUT2D eigenvalue weighted by Gasteiger charge is 2.12. The first-order valence-electron chi connectivity index (χ1n) is 6.87. The van der Waals surface area contributed by atoms with Crippen molar-refractivity contribution in [2.75, 3.05) is 7.11 Å². The van der Waals surface area contributed by atoms with Crippen molar-refractivity contribution in [2.45, 2.75) is 12.8 Å². The standard InChI is InChI=1S/C16H12Cl2N4O/c1-23-16-5-3-10(15-6-11(7-19)21-22(15)16)2-4-12-13(17)8-20-9-14(12)18/h3,5-6,8-9H,2,4H2,1H3. The Labute approximate surface area is 143 Å². The largest absolute Gasteiger partial charge is 0.481 e. The van der Waals surface area contributed by atoms with Crippen LogP contribution in [0.15, 0.2) is 30.6 Å². The van der Waals surface area contributed by atoms with Gasteiger partial charge in [0.2, 0.25) is 5.88 Å². The van der Waals surface area contributed by atoms with Crippen LogP contribution < -0.4 is 4.74 Å². The summed E-state index contributed by atoms with van der Waals surface area (Å²) in [5.74, 6) is 0.574. The molecule has 0 aliphatic heterocycles. The smallest absolute Gasteiger partial charge is 0.214 e. The van der Waals surface area contributed by atoms with Gasteiger partial charge in [-0.2, -0.15) is 14.9 Å². The van der Waals surface area contributed by atoms with Gasteiger partial charge in [0.1, 0.15) is 6.07 Å². The molecule has 0 aliphatic rings. The second kappa shape index (κ2) is 6.45. The summed E-state index contributed by atoms with van der Waals surface area (Å²) >= 11 is 12.3. The number of aryl methyl sites for hydroxylation is 1. The molecule has 0 unspecified atom stereocenters. The van der Waals surface area contributed by atoms with Gasteiger partial charge >= 0.3 is 0 Å². The van der Waals surface area contributed by atoms with Crippen molar-refractivity contribution in [3.63, 3.8) is 0 Å². The molecule has 0 amide bonds. The number of halogens is 2. The maximum absolute atomic E-state index is 9.07. The number of aromatic nitrogens is 3. The van der Waals surface area contributed by atoms with E-state index in [1.54, 1.807) is 30.1 Å². The number of ether oxygens (including phenoxy) is 1. The minimum Gasteiger partial charge on any atom is -0.481 e. The monoisotopic (exact) mass is 346 g/mol. The maximum Gasteiger partial charge on any atom is 0.214 e. The van der Waals surface area contributed by atoms with Crippen LogP contribution in [-0.4, -0.2) is 21.7 Å². The quantitative estimate of drug-likeness (QED) is 0.722. The van der Waals surface area contributed by atoms with E-state index in [4.69, 9.17) is 33.2 Å². The van der Waals surface area contributed by atoms with E-state index in [2.05, 4.69) is 10.1 Å². The topological polar surface area (TPSA) is 63.2 Å². The van der Waals surface area contributed by atoms with Crippen LogP contribution in [0.1, 0.15) is 16.8 Å². The van der Waals surface area contributed by atoms with Gasteiger partial charge in [0.05, 0.1) is 22.7 Å². The van der Waals surface area contributed by atoms with Crippen molar-refractivity contribution >= 4 is 28.7 Å². The van der Waals surface area contributed by atoms with Crippen molar-refractivity contribution in [1.29, 1.82) is 5.26 Å². The minimum atomic E-state index is 0.343. The summed E-state index contributed by atoms with van der Waals surface area (Å²) in [5, 5.41) is 14.4. The van der Waals surface area contributed by atoms with Gasteiger partial charge in [-0.25, -0.2) is 0 Å². The summed E-state index contributed by atoms with van der Waals surface area (Å²) in [6, 6.07) is 7.58. The molecule has 0 aliphatic carbocycles. The number of hydrogen-bond acceptors (Lipinski definition) is 4. The minimum absolute atomic E-state index is 0.343. The molecular formula is C16H12Cl2N4O. The lowest BCUT2D eigenvalue weighted by Gasteiger charge is -2.09. The van der Waals surface area contributed by atoms with Gasteiger partial charge < -0.3 is 4.74 Å². The molecule has 0 atom stereocenters. The third-order valence-corrected chi connectivity index (χ3v) is 4.25. The molecule has 0 radical (unpaired) electrons. The fourth-order valence-corrected chi connectivity index (χ4v) is 3.02. The number of rotatable bonds is 4. The Morgan fingerprint density at radius 3 is 2.61 bits per heavy atom. The van der Waals surface area contributed by atoms with E-state index in [1.807, 2.05) is 18.2 Å². The van der Waals surface area contributed by atoms with Crippen molar-refractivity contribution < 1.29 is 4.74 Å². The Hall–Kier alpha value is -2.29. The van der Waals surface area contributed by atoms with Crippen LogP contribution >= 0.6 is 23.2 Å². The SMILES string of the molecule is COc1ccc(CCc2c(Cl)cncc2Cl)c2cc(C#N)nn12. The first kappa shape index (κ1) is 15.6. The van der Waals surface area contributed by atoms with Gasteiger partial charge in [-0.05, 0) is 24.0 Å². The number of hydrogen-bond donors (Lipinski definition) is 0. The molecule has 3 aromatic heterocycles. The van der Waals surface area contributed by atoms with Gasteiger partial charge in [-0.3, -0.25) is 4.98 Å². The summed E-state index contributed by atoms with van der Waals surface area (Å²) in [4.78, 5) is 3.96. The Morgan fingerprint density at radius 1 is 1.22 bits per heavy atom. The lowest BCUT2D eigenvalue weighted by molar-refractivity contribution is 0.385. The molecule has 116 valence electrons. The highest BCUT2D eigenvalue weighted by atomic mass is 35.5. The Morgan fingerprint density at radius 2 is 1.96 bits per heavy atom. The Bertz CT molecular complexity index is 894. The van der Waals surface area contributed by atoms with Gasteiger partial charge in [0.15, 0.2) is 5.69 Å². The molecule has 3 aromatic rings. The molecule has 7 heteroatoms. The van der Waals surface area contributed by atoms with Crippen LogP contribution in [0.5, 0.6) is 5.88 Å². The van der Waals surface area contributed by atoms with Crippen molar-refractivity contribution in [1.82, 2.24) is 14.6 Å². The first-order valence-corrected chi connectivity index (χ1v) is 7.63. The van der Waals surface area contributed by atoms with Gasteiger partial charge in [0, 0.05) is 24.5 Å². The average Bonchev–Trinajstić information content (AvgIpc) is 2.99. The van der Waals surface area contributed by atoms with Crippen LogP contribution in [0, 0.1) is 11.3 Å². The predicted molar refractivity (Wildman–Crippen MR) is 88.1 cm³/mol. The summed E-state index contributed by atoms with van der Waals surface area (Å²) in [7, 11) is 1.57. The molecule has 0 aromatic carbocycles. The van der Waals surface area contributed by atoms with Crippen LogP contribution in [0.2, 0.25) is 10.0 Å². The average molecular weight is 347 g/mol. The molecule has 0 saturated carbocycles. The van der Waals surface area contributed by atoms with E-state index < -0.39 is 0 Å². The van der Waals surface area contributed by atoms with Crippen molar-refractivity contribution in [2.24, 2.45) is 0 Å². The highest BCUT2D eigenvalue weighted by Crippen LogP contribution is 2.26. The Kier molecular flexibility index (Phi) is 4.37. The maximum atomic E-state index is 9.07. The van der Waals surface area contributed by atoms with E-state index in [9.17, 15) is 0 Å². The second-order valence-corrected chi connectivity index (χ2v) is 5.74. The van der Waals surface area contributed by atoms with Crippen LogP contribution in [0.3, 0.4) is 0 Å². The van der Waals surface area contributed by atoms with Gasteiger partial charge in [0.25, 0.3) is 0 Å². The molecule has 3 rings (SSSR count). The molecular weight excluding hydrogens is 335 g/mol. The zero-order chi connectivity index (χ0) is 16.4. The zero-order valence-electron chi connectivity index (χ0n) is 12.3. The normalized spacial score (nSPS) is 10.7. The van der Waals surface area contributed by atoms with Crippen molar-refractivity contribution in [3.05, 3.63) is 57.5 Å². The lowest BCUT2D eigenvalue weighted by atomic mass is 10.0. The molecule has 3 heterocycles. The number of nitrogens with zero attached hydrogens (tertiary/aromatic N) is 4. The molecule has 0 bridgehead atoms. The van der Waals surface area contributed by atoms with E-state index in [-0.39, 0.29) is 0 Å². The van der Waals surface area contributed by atoms with E-state index >= 15 is 0 Å². The lowest BCUT2D eigenvalue weighted by Crippen LogP contribution is -2.00. The van der Waals surface area contributed by atoms with Crippen LogP contribution in [0.4, 0.5) is 0 Å². The summed E-state index contributed by atoms with van der Waals surface area (Å²) in [6.45, 7) is 0. The molecule has 5 nitrogen and oxygen atoms in total. The van der Waals surface area contributed by atoms with Gasteiger partial charge in [-0.15, -0.1) is 0 Å². The number of pyridine rings is 2. The third-order valence-electron chi connectivity index (χ3n) is 3.59. The van der Waals surface area contributed by atoms with E-state index in [1.165, 1.54) is 0 Å².